The van der Waals surface area contributed by atoms with Gasteiger partial charge in [-0.05, 0) is 18.6 Å². The zero-order valence-electron chi connectivity index (χ0n) is 15.1. The van der Waals surface area contributed by atoms with Crippen LogP contribution in [0.25, 0.3) is 33.5 Å². The topological polar surface area (TPSA) is 92.3 Å². The summed E-state index contributed by atoms with van der Waals surface area (Å²) in [6.45, 7) is 1.96. The minimum Gasteiger partial charge on any atom is -0.321 e. The molecule has 0 spiro atoms. The van der Waals surface area contributed by atoms with Crippen molar-refractivity contribution in [2.75, 3.05) is 5.32 Å². The summed E-state index contributed by atoms with van der Waals surface area (Å²) in [4.78, 5) is 17.7. The average Bonchev–Trinajstić information content (AvgIpc) is 3.11. The lowest BCUT2D eigenvalue weighted by atomic mass is 10.1. The molecule has 0 atom stereocenters. The third-order valence-corrected chi connectivity index (χ3v) is 4.55. The highest BCUT2D eigenvalue weighted by atomic mass is 19.1. The first-order valence-corrected chi connectivity index (χ1v) is 8.75. The largest absolute Gasteiger partial charge is 0.321 e. The molecule has 0 radical (unpaired) electrons. The lowest BCUT2D eigenvalue weighted by Crippen LogP contribution is -2.02. The molecule has 0 fully saturated rings. The van der Waals surface area contributed by atoms with Crippen LogP contribution in [0.1, 0.15) is 5.56 Å². The number of anilines is 2. The molecule has 142 valence electrons. The molecule has 3 heterocycles. The molecule has 5 aromatic rings. The number of hydrogen-bond donors (Lipinski definition) is 2. The molecule has 0 bridgehead atoms. The molecule has 0 aliphatic carbocycles. The number of aromatic amines is 1. The van der Waals surface area contributed by atoms with Crippen LogP contribution in [0, 0.1) is 18.6 Å². The predicted molar refractivity (Wildman–Crippen MR) is 105 cm³/mol. The van der Waals surface area contributed by atoms with Gasteiger partial charge in [-0.3, -0.25) is 5.10 Å². The van der Waals surface area contributed by atoms with Crippen molar-refractivity contribution in [3.8, 4) is 11.4 Å². The standard InChI is InChI=1S/C20H13F2N7/c1-10-4-2-3-5-12(10)17-25-19-16(23-6-7-24-19)20(26-17)27-18-13-8-11(21)9-14(22)15(13)28-29-18/h2-9H,1H3,(H2,24,25,26,27,28,29). The van der Waals surface area contributed by atoms with Crippen molar-refractivity contribution >= 4 is 33.7 Å². The Morgan fingerprint density at radius 3 is 2.66 bits per heavy atom. The van der Waals surface area contributed by atoms with E-state index in [2.05, 4.69) is 35.5 Å². The molecule has 2 N–H and O–H groups in total. The molecule has 3 aromatic heterocycles. The summed E-state index contributed by atoms with van der Waals surface area (Å²) in [5.74, 6) is -0.420. The van der Waals surface area contributed by atoms with E-state index in [-0.39, 0.29) is 16.7 Å². The molecule has 0 unspecified atom stereocenters. The number of fused-ring (bicyclic) bond motifs is 2. The highest BCUT2D eigenvalue weighted by molar-refractivity contribution is 5.94. The number of nitrogens with one attached hydrogen (secondary N) is 2. The highest BCUT2D eigenvalue weighted by Gasteiger charge is 2.17. The van der Waals surface area contributed by atoms with E-state index in [4.69, 9.17) is 0 Å². The number of benzene rings is 2. The van der Waals surface area contributed by atoms with Crippen LogP contribution >= 0.6 is 0 Å². The molecule has 2 aromatic carbocycles. The Hall–Kier alpha value is -4.01. The molecule has 0 saturated carbocycles. The highest BCUT2D eigenvalue weighted by Crippen LogP contribution is 2.30. The van der Waals surface area contributed by atoms with Crippen LogP contribution in [0.2, 0.25) is 0 Å². The lowest BCUT2D eigenvalue weighted by Gasteiger charge is -2.10. The van der Waals surface area contributed by atoms with Crippen molar-refractivity contribution in [1.29, 1.82) is 0 Å². The Labute approximate surface area is 162 Å². The van der Waals surface area contributed by atoms with Crippen molar-refractivity contribution in [3.05, 3.63) is 66.0 Å². The van der Waals surface area contributed by atoms with Crippen LogP contribution in [-0.4, -0.2) is 30.1 Å². The number of aryl methyl sites for hydroxylation is 1. The Balaban J connectivity index is 1.70. The van der Waals surface area contributed by atoms with Gasteiger partial charge in [0.15, 0.2) is 34.4 Å². The van der Waals surface area contributed by atoms with Gasteiger partial charge in [0, 0.05) is 24.0 Å². The molecular formula is C20H13F2N7. The zero-order valence-corrected chi connectivity index (χ0v) is 15.1. The summed E-state index contributed by atoms with van der Waals surface area (Å²) in [6.07, 6.45) is 3.06. The molecule has 0 amide bonds. The van der Waals surface area contributed by atoms with Crippen molar-refractivity contribution in [2.24, 2.45) is 0 Å². The van der Waals surface area contributed by atoms with Gasteiger partial charge < -0.3 is 5.32 Å². The Bertz CT molecular complexity index is 1380. The monoisotopic (exact) mass is 389 g/mol. The molecular weight excluding hydrogens is 376 g/mol. The van der Waals surface area contributed by atoms with E-state index in [0.717, 1.165) is 17.2 Å². The summed E-state index contributed by atoms with van der Waals surface area (Å²) < 4.78 is 27.7. The van der Waals surface area contributed by atoms with Crippen molar-refractivity contribution in [3.63, 3.8) is 0 Å². The molecule has 7 nitrogen and oxygen atoms in total. The molecule has 0 saturated heterocycles. The summed E-state index contributed by atoms with van der Waals surface area (Å²) in [7, 11) is 0. The normalized spacial score (nSPS) is 11.3. The number of nitrogens with zero attached hydrogens (tertiary/aromatic N) is 5. The van der Waals surface area contributed by atoms with E-state index in [1.807, 2.05) is 31.2 Å². The van der Waals surface area contributed by atoms with Gasteiger partial charge in [0.05, 0.1) is 5.39 Å². The summed E-state index contributed by atoms with van der Waals surface area (Å²) in [5, 5.41) is 9.93. The maximum absolute atomic E-state index is 14.0. The lowest BCUT2D eigenvalue weighted by molar-refractivity contribution is 0.590. The van der Waals surface area contributed by atoms with Crippen LogP contribution in [0.5, 0.6) is 0 Å². The smallest absolute Gasteiger partial charge is 0.184 e. The third kappa shape index (κ3) is 2.92. The maximum atomic E-state index is 14.0. The minimum absolute atomic E-state index is 0.0949. The Morgan fingerprint density at radius 2 is 1.79 bits per heavy atom. The van der Waals surface area contributed by atoms with E-state index in [9.17, 15) is 8.78 Å². The van der Waals surface area contributed by atoms with Gasteiger partial charge in [-0.2, -0.15) is 5.10 Å². The number of rotatable bonds is 3. The Kier molecular flexibility index (Phi) is 3.87. The first-order chi connectivity index (χ1) is 14.1. The third-order valence-electron chi connectivity index (χ3n) is 4.55. The van der Waals surface area contributed by atoms with Gasteiger partial charge in [-0.25, -0.2) is 28.7 Å². The summed E-state index contributed by atoms with van der Waals surface area (Å²) >= 11 is 0. The second-order valence-electron chi connectivity index (χ2n) is 6.45. The van der Waals surface area contributed by atoms with Crippen LogP contribution < -0.4 is 5.32 Å². The SMILES string of the molecule is Cc1ccccc1-c1nc(Nc2n[nH]c3c(F)cc(F)cc23)c2nccnc2n1. The van der Waals surface area contributed by atoms with Gasteiger partial charge in [-0.15, -0.1) is 0 Å². The van der Waals surface area contributed by atoms with Gasteiger partial charge in [0.1, 0.15) is 11.3 Å². The van der Waals surface area contributed by atoms with Crippen LogP contribution in [-0.2, 0) is 0 Å². The van der Waals surface area contributed by atoms with Gasteiger partial charge >= 0.3 is 0 Å². The second kappa shape index (κ2) is 6.55. The molecule has 5 rings (SSSR count). The molecule has 9 heteroatoms. The van der Waals surface area contributed by atoms with Gasteiger partial charge in [0.25, 0.3) is 0 Å². The zero-order chi connectivity index (χ0) is 20.0. The van der Waals surface area contributed by atoms with E-state index in [0.29, 0.717) is 22.8 Å². The van der Waals surface area contributed by atoms with Gasteiger partial charge in [0.2, 0.25) is 0 Å². The second-order valence-corrected chi connectivity index (χ2v) is 6.45. The molecule has 29 heavy (non-hydrogen) atoms. The number of H-pyrrole nitrogens is 1. The Morgan fingerprint density at radius 1 is 0.966 bits per heavy atom. The van der Waals surface area contributed by atoms with Crippen molar-refractivity contribution in [1.82, 2.24) is 30.1 Å². The van der Waals surface area contributed by atoms with Crippen LogP contribution in [0.4, 0.5) is 20.4 Å². The van der Waals surface area contributed by atoms with E-state index in [1.165, 1.54) is 18.5 Å². The minimum atomic E-state index is -0.728. The van der Waals surface area contributed by atoms with Crippen LogP contribution in [0.3, 0.4) is 0 Å². The number of halogens is 2. The van der Waals surface area contributed by atoms with Crippen LogP contribution in [0.15, 0.2) is 48.8 Å². The van der Waals surface area contributed by atoms with E-state index < -0.39 is 11.6 Å². The fraction of sp³-hybridized carbons (Fsp3) is 0.0500. The number of hydrogen-bond acceptors (Lipinski definition) is 6. The van der Waals surface area contributed by atoms with Crippen molar-refractivity contribution in [2.45, 2.75) is 6.92 Å². The van der Waals surface area contributed by atoms with Gasteiger partial charge in [-0.1, -0.05) is 24.3 Å². The van der Waals surface area contributed by atoms with E-state index in [1.54, 1.807) is 0 Å². The fourth-order valence-electron chi connectivity index (χ4n) is 3.15. The molecule has 0 aliphatic rings. The summed E-state index contributed by atoms with van der Waals surface area (Å²) in [6, 6.07) is 9.68. The number of aromatic nitrogens is 6. The van der Waals surface area contributed by atoms with Crippen molar-refractivity contribution < 1.29 is 8.78 Å². The predicted octanol–water partition coefficient (Wildman–Crippen LogP) is 4.29. The summed E-state index contributed by atoms with van der Waals surface area (Å²) in [5.41, 5.74) is 2.74. The first kappa shape index (κ1) is 17.1. The quantitative estimate of drug-likeness (QED) is 0.478. The average molecular weight is 389 g/mol. The fourth-order valence-corrected chi connectivity index (χ4v) is 3.15. The maximum Gasteiger partial charge on any atom is 0.184 e. The van der Waals surface area contributed by atoms with E-state index >= 15 is 0 Å². The molecule has 0 aliphatic heterocycles. The first-order valence-electron chi connectivity index (χ1n) is 8.75.